The van der Waals surface area contributed by atoms with Crippen molar-refractivity contribution in [2.45, 2.75) is 44.9 Å². The molecule has 0 spiro atoms. The first-order chi connectivity index (χ1) is 15.9. The molecule has 0 unspecified atom stereocenters. The van der Waals surface area contributed by atoms with Gasteiger partial charge in [0.2, 0.25) is 0 Å². The van der Waals surface area contributed by atoms with Gasteiger partial charge in [0, 0.05) is 23.1 Å². The molecular weight excluding hydrogens is 432 g/mol. The number of rotatable bonds is 8. The van der Waals surface area contributed by atoms with Crippen molar-refractivity contribution in [3.8, 4) is 11.1 Å². The van der Waals surface area contributed by atoms with Gasteiger partial charge in [-0.1, -0.05) is 54.8 Å². The number of aryl methyl sites for hydroxylation is 1. The van der Waals surface area contributed by atoms with Crippen molar-refractivity contribution in [1.82, 2.24) is 0 Å². The van der Waals surface area contributed by atoms with Crippen LogP contribution in [0.4, 0.5) is 8.78 Å². The highest BCUT2D eigenvalue weighted by atomic mass is 32.2. The summed E-state index contributed by atoms with van der Waals surface area (Å²) >= 11 is 1.40. The molecule has 0 aromatic heterocycles. The third kappa shape index (κ3) is 6.00. The Balaban J connectivity index is 2.07. The number of benzene rings is 3. The molecule has 0 N–H and O–H groups in total. The monoisotopic (exact) mass is 463 g/mol. The van der Waals surface area contributed by atoms with Gasteiger partial charge in [-0.15, -0.1) is 11.8 Å². The molecule has 0 saturated heterocycles. The molecular formula is C29H31F2NS. The molecule has 3 aromatic rings. The van der Waals surface area contributed by atoms with Gasteiger partial charge in [0.15, 0.2) is 0 Å². The predicted molar refractivity (Wildman–Crippen MR) is 139 cm³/mol. The zero-order valence-electron chi connectivity index (χ0n) is 20.0. The van der Waals surface area contributed by atoms with Crippen molar-refractivity contribution in [1.29, 1.82) is 0 Å². The highest BCUT2D eigenvalue weighted by Crippen LogP contribution is 2.29. The highest BCUT2D eigenvalue weighted by Gasteiger charge is 2.17. The number of allylic oxidation sites excluding steroid dienone is 2. The van der Waals surface area contributed by atoms with Gasteiger partial charge in [-0.05, 0) is 80.0 Å². The first-order valence-electron chi connectivity index (χ1n) is 11.2. The lowest BCUT2D eigenvalue weighted by Gasteiger charge is -2.17. The molecule has 0 bridgehead atoms. The first-order valence-corrected chi connectivity index (χ1v) is 12.5. The summed E-state index contributed by atoms with van der Waals surface area (Å²) in [5.74, 6) is -0.462. The summed E-state index contributed by atoms with van der Waals surface area (Å²) in [6.07, 6.45) is 4.37. The van der Waals surface area contributed by atoms with Gasteiger partial charge < -0.3 is 0 Å². The Bertz CT molecular complexity index is 1190. The van der Waals surface area contributed by atoms with E-state index in [2.05, 4.69) is 18.8 Å². The van der Waals surface area contributed by atoms with Crippen molar-refractivity contribution in [2.75, 3.05) is 13.3 Å². The molecule has 3 rings (SSSR count). The van der Waals surface area contributed by atoms with Crippen LogP contribution in [0, 0.1) is 18.6 Å². The summed E-state index contributed by atoms with van der Waals surface area (Å²) in [5, 5.41) is 0. The Kier molecular flexibility index (Phi) is 8.62. The van der Waals surface area contributed by atoms with E-state index in [4.69, 9.17) is 0 Å². The lowest BCUT2D eigenvalue weighted by molar-refractivity contribution is 0.600. The minimum absolute atomic E-state index is 0.203. The third-order valence-electron chi connectivity index (χ3n) is 5.82. The Labute approximate surface area is 200 Å². The Morgan fingerprint density at radius 3 is 2.39 bits per heavy atom. The fourth-order valence-corrected chi connectivity index (χ4v) is 4.59. The standard InChI is InChI=1S/C29H31F2NS/c1-6-8-20(3)24(16-21-11-14-28(33-5)27(31)17-21)29(32-4)23-12-13-26(30)25(18-23)22-10-7-9-19(2)15-22/h7,9-15,17-18H,6,8,16H2,1-5H3/b24-20+,32-29?. The minimum atomic E-state index is -0.259. The zero-order chi connectivity index (χ0) is 24.0. The normalized spacial score (nSPS) is 12.6. The fraction of sp³-hybridized carbons (Fsp3) is 0.276. The van der Waals surface area contributed by atoms with E-state index in [1.807, 2.05) is 55.6 Å². The molecule has 0 aliphatic heterocycles. The number of hydrogen-bond donors (Lipinski definition) is 0. The first kappa shape index (κ1) is 24.9. The summed E-state index contributed by atoms with van der Waals surface area (Å²) in [6.45, 7) is 6.26. The SMILES string of the molecule is CCC/C(C)=C(\Cc1ccc(SC)c(F)c1)C(=NC)c1ccc(F)c(-c2cccc(C)c2)c1. The zero-order valence-corrected chi connectivity index (χ0v) is 20.8. The van der Waals surface area contributed by atoms with Crippen molar-refractivity contribution in [3.63, 3.8) is 0 Å². The number of halogens is 2. The van der Waals surface area contributed by atoms with E-state index in [-0.39, 0.29) is 11.6 Å². The van der Waals surface area contributed by atoms with E-state index in [9.17, 15) is 8.78 Å². The molecule has 1 nitrogen and oxygen atoms in total. The Hall–Kier alpha value is -2.72. The van der Waals surface area contributed by atoms with Crippen molar-refractivity contribution in [3.05, 3.63) is 100 Å². The molecule has 172 valence electrons. The van der Waals surface area contributed by atoms with Gasteiger partial charge in [-0.25, -0.2) is 8.78 Å². The summed E-state index contributed by atoms with van der Waals surface area (Å²) in [6, 6.07) is 18.4. The van der Waals surface area contributed by atoms with Crippen LogP contribution in [0.5, 0.6) is 0 Å². The van der Waals surface area contributed by atoms with Gasteiger partial charge in [0.05, 0.1) is 5.71 Å². The van der Waals surface area contributed by atoms with Crippen molar-refractivity contribution >= 4 is 17.5 Å². The van der Waals surface area contributed by atoms with Crippen LogP contribution < -0.4 is 0 Å². The van der Waals surface area contributed by atoms with Gasteiger partial charge >= 0.3 is 0 Å². The second-order valence-electron chi connectivity index (χ2n) is 8.29. The van der Waals surface area contributed by atoms with Gasteiger partial charge in [0.25, 0.3) is 0 Å². The molecule has 0 atom stereocenters. The molecule has 4 heteroatoms. The lowest BCUT2D eigenvalue weighted by atomic mass is 9.89. The van der Waals surface area contributed by atoms with Gasteiger partial charge in [-0.2, -0.15) is 0 Å². The molecule has 0 aliphatic carbocycles. The van der Waals surface area contributed by atoms with E-state index in [1.54, 1.807) is 19.2 Å². The summed E-state index contributed by atoms with van der Waals surface area (Å²) in [5.41, 5.74) is 7.35. The predicted octanol–water partition coefficient (Wildman–Crippen LogP) is 8.44. The van der Waals surface area contributed by atoms with E-state index < -0.39 is 0 Å². The third-order valence-corrected chi connectivity index (χ3v) is 6.59. The average Bonchev–Trinajstić information content (AvgIpc) is 2.80. The van der Waals surface area contributed by atoms with E-state index in [0.717, 1.165) is 46.4 Å². The molecule has 0 aliphatic rings. The second kappa shape index (κ2) is 11.4. The van der Waals surface area contributed by atoms with Crippen LogP contribution in [0.25, 0.3) is 11.1 Å². The fourth-order valence-electron chi connectivity index (χ4n) is 4.13. The molecule has 0 saturated carbocycles. The number of aliphatic imine (C=N–C) groups is 1. The molecule has 0 heterocycles. The average molecular weight is 464 g/mol. The van der Waals surface area contributed by atoms with Gasteiger partial charge in [-0.3, -0.25) is 4.99 Å². The van der Waals surface area contributed by atoms with Crippen LogP contribution in [0.15, 0.2) is 81.7 Å². The summed E-state index contributed by atoms with van der Waals surface area (Å²) in [7, 11) is 1.77. The minimum Gasteiger partial charge on any atom is -0.288 e. The van der Waals surface area contributed by atoms with Crippen LogP contribution >= 0.6 is 11.8 Å². The van der Waals surface area contributed by atoms with E-state index >= 15 is 0 Å². The molecule has 3 aromatic carbocycles. The molecule has 33 heavy (non-hydrogen) atoms. The topological polar surface area (TPSA) is 12.4 Å². The van der Waals surface area contributed by atoms with Crippen molar-refractivity contribution < 1.29 is 8.78 Å². The van der Waals surface area contributed by atoms with Crippen molar-refractivity contribution in [2.24, 2.45) is 4.99 Å². The number of nitrogens with zero attached hydrogens (tertiary/aromatic N) is 1. The van der Waals surface area contributed by atoms with Gasteiger partial charge in [0.1, 0.15) is 11.6 Å². The van der Waals surface area contributed by atoms with E-state index in [1.165, 1.54) is 23.4 Å². The van der Waals surface area contributed by atoms with E-state index in [0.29, 0.717) is 16.9 Å². The smallest absolute Gasteiger partial charge is 0.137 e. The van der Waals surface area contributed by atoms with Crippen LogP contribution in [-0.2, 0) is 6.42 Å². The largest absolute Gasteiger partial charge is 0.288 e. The maximum absolute atomic E-state index is 14.8. The van der Waals surface area contributed by atoms with Crippen LogP contribution in [-0.4, -0.2) is 19.0 Å². The molecule has 0 radical (unpaired) electrons. The molecule has 0 fully saturated rings. The Morgan fingerprint density at radius 2 is 1.76 bits per heavy atom. The van der Waals surface area contributed by atoms with Crippen LogP contribution in [0.2, 0.25) is 0 Å². The summed E-state index contributed by atoms with van der Waals surface area (Å²) in [4.78, 5) is 5.27. The quantitative estimate of drug-likeness (QED) is 0.241. The second-order valence-corrected chi connectivity index (χ2v) is 9.14. The Morgan fingerprint density at radius 1 is 0.970 bits per heavy atom. The maximum atomic E-state index is 14.8. The number of hydrogen-bond acceptors (Lipinski definition) is 2. The number of thioether (sulfide) groups is 1. The maximum Gasteiger partial charge on any atom is 0.137 e. The van der Waals surface area contributed by atoms with Crippen LogP contribution in [0.1, 0.15) is 43.4 Å². The highest BCUT2D eigenvalue weighted by molar-refractivity contribution is 7.98. The molecule has 0 amide bonds. The lowest BCUT2D eigenvalue weighted by Crippen LogP contribution is -2.11. The summed E-state index contributed by atoms with van der Waals surface area (Å²) < 4.78 is 29.3. The van der Waals surface area contributed by atoms with Crippen LogP contribution in [0.3, 0.4) is 0 Å².